The lowest BCUT2D eigenvalue weighted by Crippen LogP contribution is -2.26. The average Bonchev–Trinajstić information content (AvgIpc) is 3.07. The Hall–Kier alpha value is -1.61. The molecule has 3 heteroatoms. The van der Waals surface area contributed by atoms with Crippen molar-refractivity contribution in [2.45, 2.75) is 24.3 Å². The number of nitrogens with zero attached hydrogens (tertiary/aromatic N) is 2. The zero-order chi connectivity index (χ0) is 11.9. The zero-order valence-corrected chi connectivity index (χ0v) is 10.0. The van der Waals surface area contributed by atoms with E-state index in [-0.39, 0.29) is 11.5 Å². The molecule has 1 aliphatic rings. The fourth-order valence-corrected chi connectivity index (χ4v) is 2.60. The Morgan fingerprint density at radius 1 is 1.29 bits per heavy atom. The standard InChI is InChI=1S/C14H17N3/c1-17-10-11(9-16-17)13(15)14(7-8-14)12-5-3-2-4-6-12/h2-6,9-10,13H,7-8,15H2,1H3. The third kappa shape index (κ3) is 1.67. The highest BCUT2D eigenvalue weighted by Crippen LogP contribution is 2.55. The maximum absolute atomic E-state index is 6.43. The first kappa shape index (κ1) is 10.5. The van der Waals surface area contributed by atoms with Gasteiger partial charge in [0.25, 0.3) is 0 Å². The molecule has 1 unspecified atom stereocenters. The van der Waals surface area contributed by atoms with E-state index in [1.165, 1.54) is 18.4 Å². The van der Waals surface area contributed by atoms with Crippen molar-refractivity contribution in [3.05, 3.63) is 53.9 Å². The van der Waals surface area contributed by atoms with Crippen molar-refractivity contribution in [2.75, 3.05) is 0 Å². The highest BCUT2D eigenvalue weighted by molar-refractivity contribution is 5.36. The molecule has 0 amide bonds. The molecule has 0 radical (unpaired) electrons. The van der Waals surface area contributed by atoms with Gasteiger partial charge < -0.3 is 5.73 Å². The van der Waals surface area contributed by atoms with Crippen LogP contribution in [0.2, 0.25) is 0 Å². The lowest BCUT2D eigenvalue weighted by Gasteiger charge is -2.22. The molecule has 1 atom stereocenters. The minimum absolute atomic E-state index is 0.0543. The van der Waals surface area contributed by atoms with Crippen LogP contribution in [0.3, 0.4) is 0 Å². The number of aryl methyl sites for hydroxylation is 1. The van der Waals surface area contributed by atoms with E-state index in [4.69, 9.17) is 5.73 Å². The fraction of sp³-hybridized carbons (Fsp3) is 0.357. The predicted octanol–water partition coefficient (Wildman–Crippen LogP) is 2.15. The van der Waals surface area contributed by atoms with E-state index in [0.29, 0.717) is 0 Å². The van der Waals surface area contributed by atoms with Crippen molar-refractivity contribution in [3.63, 3.8) is 0 Å². The van der Waals surface area contributed by atoms with Gasteiger partial charge in [-0.3, -0.25) is 4.68 Å². The molecule has 1 aromatic carbocycles. The summed E-state index contributed by atoms with van der Waals surface area (Å²) < 4.78 is 1.82. The van der Waals surface area contributed by atoms with Crippen molar-refractivity contribution in [1.82, 2.24) is 9.78 Å². The van der Waals surface area contributed by atoms with Crippen LogP contribution in [0, 0.1) is 0 Å². The number of hydrogen-bond donors (Lipinski definition) is 1. The van der Waals surface area contributed by atoms with Gasteiger partial charge in [0.2, 0.25) is 0 Å². The summed E-state index contributed by atoms with van der Waals surface area (Å²) in [5.74, 6) is 0. The highest BCUT2D eigenvalue weighted by Gasteiger charge is 2.49. The molecule has 0 saturated heterocycles. The Balaban J connectivity index is 1.94. The minimum atomic E-state index is 0.0543. The van der Waals surface area contributed by atoms with Gasteiger partial charge in [-0.25, -0.2) is 0 Å². The number of aromatic nitrogens is 2. The Morgan fingerprint density at radius 3 is 2.53 bits per heavy atom. The molecule has 2 aromatic rings. The summed E-state index contributed by atoms with van der Waals surface area (Å²) in [5, 5.41) is 4.21. The molecule has 0 spiro atoms. The molecule has 88 valence electrons. The minimum Gasteiger partial charge on any atom is -0.323 e. The monoisotopic (exact) mass is 227 g/mol. The van der Waals surface area contributed by atoms with Crippen molar-refractivity contribution in [1.29, 1.82) is 0 Å². The van der Waals surface area contributed by atoms with E-state index >= 15 is 0 Å². The molecular weight excluding hydrogens is 210 g/mol. The number of rotatable bonds is 3. The summed E-state index contributed by atoms with van der Waals surface area (Å²) >= 11 is 0. The molecule has 1 heterocycles. The van der Waals surface area contributed by atoms with E-state index in [0.717, 1.165) is 5.56 Å². The van der Waals surface area contributed by atoms with Crippen LogP contribution >= 0.6 is 0 Å². The van der Waals surface area contributed by atoms with Gasteiger partial charge in [0, 0.05) is 30.3 Å². The summed E-state index contributed by atoms with van der Waals surface area (Å²) in [7, 11) is 1.93. The predicted molar refractivity (Wildman–Crippen MR) is 67.5 cm³/mol. The number of hydrogen-bond acceptors (Lipinski definition) is 2. The van der Waals surface area contributed by atoms with Gasteiger partial charge in [0.15, 0.2) is 0 Å². The molecule has 3 rings (SSSR count). The summed E-state index contributed by atoms with van der Waals surface area (Å²) in [6.07, 6.45) is 6.25. The van der Waals surface area contributed by atoms with Crippen molar-refractivity contribution in [2.24, 2.45) is 12.8 Å². The van der Waals surface area contributed by atoms with E-state index in [1.807, 2.05) is 24.1 Å². The first-order chi connectivity index (χ1) is 8.22. The summed E-state index contributed by atoms with van der Waals surface area (Å²) in [6, 6.07) is 10.6. The van der Waals surface area contributed by atoms with Crippen LogP contribution in [-0.4, -0.2) is 9.78 Å². The molecule has 17 heavy (non-hydrogen) atoms. The maximum Gasteiger partial charge on any atom is 0.0537 e. The summed E-state index contributed by atoms with van der Waals surface area (Å²) in [6.45, 7) is 0. The normalized spacial score (nSPS) is 18.9. The van der Waals surface area contributed by atoms with Gasteiger partial charge in [-0.15, -0.1) is 0 Å². The number of nitrogens with two attached hydrogens (primary N) is 1. The third-order valence-electron chi connectivity index (χ3n) is 3.82. The first-order valence-corrected chi connectivity index (χ1v) is 6.02. The Labute approximate surface area is 101 Å². The second-order valence-corrected chi connectivity index (χ2v) is 4.95. The maximum atomic E-state index is 6.43. The van der Waals surface area contributed by atoms with Gasteiger partial charge in [-0.1, -0.05) is 30.3 Å². The van der Waals surface area contributed by atoms with E-state index in [1.54, 1.807) is 0 Å². The van der Waals surface area contributed by atoms with Crippen LogP contribution < -0.4 is 5.73 Å². The average molecular weight is 227 g/mol. The van der Waals surface area contributed by atoms with Crippen LogP contribution in [0.4, 0.5) is 0 Å². The zero-order valence-electron chi connectivity index (χ0n) is 10.0. The molecule has 0 bridgehead atoms. The molecule has 2 N–H and O–H groups in total. The molecular formula is C14H17N3. The van der Waals surface area contributed by atoms with E-state index in [9.17, 15) is 0 Å². The molecule has 1 aromatic heterocycles. The SMILES string of the molecule is Cn1cc(C(N)C2(c3ccccc3)CC2)cn1. The van der Waals surface area contributed by atoms with Gasteiger partial charge in [-0.05, 0) is 18.4 Å². The quantitative estimate of drug-likeness (QED) is 0.873. The van der Waals surface area contributed by atoms with Crippen LogP contribution in [-0.2, 0) is 12.5 Å². The number of benzene rings is 1. The second-order valence-electron chi connectivity index (χ2n) is 4.95. The Bertz CT molecular complexity index is 511. The fourth-order valence-electron chi connectivity index (χ4n) is 2.60. The lowest BCUT2D eigenvalue weighted by atomic mass is 9.86. The smallest absolute Gasteiger partial charge is 0.0537 e. The van der Waals surface area contributed by atoms with Crippen molar-refractivity contribution < 1.29 is 0 Å². The highest BCUT2D eigenvalue weighted by atomic mass is 15.2. The second kappa shape index (κ2) is 3.70. The molecule has 1 fully saturated rings. The van der Waals surface area contributed by atoms with Crippen LogP contribution in [0.1, 0.15) is 30.0 Å². The van der Waals surface area contributed by atoms with E-state index in [2.05, 4.69) is 35.4 Å². The summed E-state index contributed by atoms with van der Waals surface area (Å²) in [5.41, 5.74) is 9.06. The topological polar surface area (TPSA) is 43.8 Å². The summed E-state index contributed by atoms with van der Waals surface area (Å²) in [4.78, 5) is 0. The lowest BCUT2D eigenvalue weighted by molar-refractivity contribution is 0.541. The Morgan fingerprint density at radius 2 is 2.00 bits per heavy atom. The van der Waals surface area contributed by atoms with E-state index < -0.39 is 0 Å². The third-order valence-corrected chi connectivity index (χ3v) is 3.82. The van der Waals surface area contributed by atoms with Crippen molar-refractivity contribution >= 4 is 0 Å². The largest absolute Gasteiger partial charge is 0.323 e. The van der Waals surface area contributed by atoms with Crippen LogP contribution in [0.15, 0.2) is 42.7 Å². The molecule has 1 saturated carbocycles. The molecule has 3 nitrogen and oxygen atoms in total. The molecule has 1 aliphatic carbocycles. The Kier molecular flexibility index (Phi) is 2.30. The van der Waals surface area contributed by atoms with Crippen LogP contribution in [0.5, 0.6) is 0 Å². The van der Waals surface area contributed by atoms with Gasteiger partial charge in [0.05, 0.1) is 6.20 Å². The van der Waals surface area contributed by atoms with Gasteiger partial charge in [0.1, 0.15) is 0 Å². The van der Waals surface area contributed by atoms with Crippen molar-refractivity contribution in [3.8, 4) is 0 Å². The molecule has 0 aliphatic heterocycles. The van der Waals surface area contributed by atoms with Gasteiger partial charge >= 0.3 is 0 Å². The van der Waals surface area contributed by atoms with Crippen LogP contribution in [0.25, 0.3) is 0 Å². The van der Waals surface area contributed by atoms with Gasteiger partial charge in [-0.2, -0.15) is 5.10 Å². The first-order valence-electron chi connectivity index (χ1n) is 6.02.